The van der Waals surface area contributed by atoms with Crippen LogP contribution in [0.2, 0.25) is 0 Å². The zero-order valence-corrected chi connectivity index (χ0v) is 16.6. The van der Waals surface area contributed by atoms with E-state index in [0.29, 0.717) is 18.9 Å². The van der Waals surface area contributed by atoms with Gasteiger partial charge < -0.3 is 10.1 Å². The number of hydrogen-bond donors (Lipinski definition) is 1. The first-order valence-electron chi connectivity index (χ1n) is 9.38. The average molecular weight is 372 g/mol. The van der Waals surface area contributed by atoms with E-state index in [2.05, 4.69) is 25.3 Å². The van der Waals surface area contributed by atoms with Crippen LogP contribution in [-0.2, 0) is 16.0 Å². The SMILES string of the molecule is Cc1cc(C)nc(-n2nc(C)c(CC(=O)NCCN3CCOCC3)c2C)n1. The number of rotatable bonds is 6. The molecule has 0 radical (unpaired) electrons. The molecule has 27 heavy (non-hydrogen) atoms. The largest absolute Gasteiger partial charge is 0.379 e. The van der Waals surface area contributed by atoms with Gasteiger partial charge in [0.1, 0.15) is 0 Å². The van der Waals surface area contributed by atoms with Crippen LogP contribution in [-0.4, -0.2) is 69.9 Å². The summed E-state index contributed by atoms with van der Waals surface area (Å²) in [7, 11) is 0. The Bertz CT molecular complexity index is 791. The van der Waals surface area contributed by atoms with Crippen molar-refractivity contribution in [1.82, 2.24) is 30.0 Å². The zero-order chi connectivity index (χ0) is 19.4. The van der Waals surface area contributed by atoms with Gasteiger partial charge in [-0.15, -0.1) is 0 Å². The predicted octanol–water partition coefficient (Wildman–Crippen LogP) is 0.887. The van der Waals surface area contributed by atoms with E-state index in [4.69, 9.17) is 4.74 Å². The summed E-state index contributed by atoms with van der Waals surface area (Å²) in [5, 5.41) is 7.57. The van der Waals surface area contributed by atoms with Crippen LogP contribution in [0.15, 0.2) is 6.07 Å². The lowest BCUT2D eigenvalue weighted by Gasteiger charge is -2.26. The molecule has 0 aliphatic carbocycles. The summed E-state index contributed by atoms with van der Waals surface area (Å²) in [6, 6.07) is 1.93. The minimum absolute atomic E-state index is 0.00958. The van der Waals surface area contributed by atoms with Crippen LogP contribution in [0.5, 0.6) is 0 Å². The normalized spacial score (nSPS) is 15.1. The lowest BCUT2D eigenvalue weighted by molar-refractivity contribution is -0.120. The summed E-state index contributed by atoms with van der Waals surface area (Å²) in [5.41, 5.74) is 4.46. The standard InChI is InChI=1S/C19H28N6O2/c1-13-11-14(2)22-19(21-13)25-16(4)17(15(3)23-25)12-18(26)20-5-6-24-7-9-27-10-8-24/h11H,5-10,12H2,1-4H3,(H,20,26). The Kier molecular flexibility index (Phi) is 6.18. The number of nitrogens with one attached hydrogen (secondary N) is 1. The van der Waals surface area contributed by atoms with Gasteiger partial charge in [-0.2, -0.15) is 5.10 Å². The summed E-state index contributed by atoms with van der Waals surface area (Å²) in [6.45, 7) is 12.6. The van der Waals surface area contributed by atoms with Gasteiger partial charge in [-0.25, -0.2) is 14.6 Å². The number of carbonyl (C=O) groups is 1. The van der Waals surface area contributed by atoms with E-state index in [1.54, 1.807) is 4.68 Å². The van der Waals surface area contributed by atoms with Crippen molar-refractivity contribution >= 4 is 5.91 Å². The highest BCUT2D eigenvalue weighted by Gasteiger charge is 2.18. The van der Waals surface area contributed by atoms with Crippen molar-refractivity contribution < 1.29 is 9.53 Å². The van der Waals surface area contributed by atoms with E-state index < -0.39 is 0 Å². The summed E-state index contributed by atoms with van der Waals surface area (Å²) in [6.07, 6.45) is 0.311. The van der Waals surface area contributed by atoms with E-state index in [0.717, 1.165) is 61.2 Å². The molecule has 1 amide bonds. The molecule has 1 fully saturated rings. The molecule has 8 nitrogen and oxygen atoms in total. The molecular formula is C19H28N6O2. The van der Waals surface area contributed by atoms with Crippen LogP contribution < -0.4 is 5.32 Å². The Labute approximate surface area is 159 Å². The second-order valence-electron chi connectivity index (χ2n) is 6.99. The quantitative estimate of drug-likeness (QED) is 0.811. The lowest BCUT2D eigenvalue weighted by atomic mass is 10.1. The molecule has 3 heterocycles. The molecule has 1 saturated heterocycles. The van der Waals surface area contributed by atoms with E-state index in [9.17, 15) is 4.79 Å². The highest BCUT2D eigenvalue weighted by atomic mass is 16.5. The molecule has 3 rings (SSSR count). The molecule has 146 valence electrons. The molecule has 2 aromatic heterocycles. The molecular weight excluding hydrogens is 344 g/mol. The fraction of sp³-hybridized carbons (Fsp3) is 0.579. The fourth-order valence-electron chi connectivity index (χ4n) is 3.33. The van der Waals surface area contributed by atoms with Crippen molar-refractivity contribution in [1.29, 1.82) is 0 Å². The van der Waals surface area contributed by atoms with E-state index in [-0.39, 0.29) is 5.91 Å². The van der Waals surface area contributed by atoms with E-state index >= 15 is 0 Å². The monoisotopic (exact) mass is 372 g/mol. The topological polar surface area (TPSA) is 85.2 Å². The maximum Gasteiger partial charge on any atom is 0.251 e. The smallest absolute Gasteiger partial charge is 0.251 e. The van der Waals surface area contributed by atoms with Gasteiger partial charge in [-0.3, -0.25) is 9.69 Å². The maximum atomic E-state index is 12.4. The summed E-state index contributed by atoms with van der Waals surface area (Å²) < 4.78 is 7.07. The molecule has 1 aliphatic heterocycles. The Balaban J connectivity index is 1.63. The van der Waals surface area contributed by atoms with Crippen LogP contribution in [0.1, 0.15) is 28.3 Å². The van der Waals surface area contributed by atoms with Crippen LogP contribution >= 0.6 is 0 Å². The zero-order valence-electron chi connectivity index (χ0n) is 16.6. The number of ether oxygens (including phenoxy) is 1. The van der Waals surface area contributed by atoms with E-state index in [1.807, 2.05) is 33.8 Å². The third-order valence-corrected chi connectivity index (χ3v) is 4.79. The predicted molar refractivity (Wildman–Crippen MR) is 102 cm³/mol. The second-order valence-corrected chi connectivity index (χ2v) is 6.99. The number of morpholine rings is 1. The van der Waals surface area contributed by atoms with Gasteiger partial charge in [-0.05, 0) is 33.8 Å². The first-order valence-corrected chi connectivity index (χ1v) is 9.38. The number of hydrogen-bond acceptors (Lipinski definition) is 6. The lowest BCUT2D eigenvalue weighted by Crippen LogP contribution is -2.41. The van der Waals surface area contributed by atoms with Gasteiger partial charge in [0.25, 0.3) is 5.95 Å². The van der Waals surface area contributed by atoms with Gasteiger partial charge in [0.05, 0.1) is 25.3 Å². The summed E-state index contributed by atoms with van der Waals surface area (Å²) in [4.78, 5) is 23.6. The molecule has 0 atom stereocenters. The second kappa shape index (κ2) is 8.58. The van der Waals surface area contributed by atoms with Crippen molar-refractivity contribution in [3.63, 3.8) is 0 Å². The Morgan fingerprint density at radius 2 is 1.81 bits per heavy atom. The number of aromatic nitrogens is 4. The van der Waals surface area contributed by atoms with Gasteiger partial charge in [0.15, 0.2) is 0 Å². The minimum Gasteiger partial charge on any atom is -0.379 e. The van der Waals surface area contributed by atoms with Gasteiger partial charge in [0, 0.05) is 48.8 Å². The molecule has 0 bridgehead atoms. The van der Waals surface area contributed by atoms with Gasteiger partial charge in [-0.1, -0.05) is 0 Å². The molecule has 1 N–H and O–H groups in total. The fourth-order valence-corrected chi connectivity index (χ4v) is 3.33. The molecule has 1 aliphatic rings. The van der Waals surface area contributed by atoms with Crippen molar-refractivity contribution in [2.45, 2.75) is 34.1 Å². The molecule has 8 heteroatoms. The number of carbonyl (C=O) groups excluding carboxylic acids is 1. The minimum atomic E-state index is 0.00958. The molecule has 0 aromatic carbocycles. The molecule has 0 spiro atoms. The Morgan fingerprint density at radius 1 is 1.15 bits per heavy atom. The van der Waals surface area contributed by atoms with Crippen molar-refractivity contribution in [3.05, 3.63) is 34.4 Å². The Morgan fingerprint density at radius 3 is 2.48 bits per heavy atom. The van der Waals surface area contributed by atoms with Gasteiger partial charge >= 0.3 is 0 Å². The number of nitrogens with zero attached hydrogens (tertiary/aromatic N) is 5. The highest BCUT2D eigenvalue weighted by molar-refractivity contribution is 5.79. The van der Waals surface area contributed by atoms with Crippen LogP contribution in [0.4, 0.5) is 0 Å². The first-order chi connectivity index (χ1) is 12.9. The van der Waals surface area contributed by atoms with Crippen LogP contribution in [0.3, 0.4) is 0 Å². The molecule has 0 saturated carbocycles. The first kappa shape index (κ1) is 19.4. The highest BCUT2D eigenvalue weighted by Crippen LogP contribution is 2.17. The van der Waals surface area contributed by atoms with Crippen molar-refractivity contribution in [2.75, 3.05) is 39.4 Å². The van der Waals surface area contributed by atoms with Gasteiger partial charge in [0.2, 0.25) is 5.91 Å². The van der Waals surface area contributed by atoms with Crippen molar-refractivity contribution in [2.24, 2.45) is 0 Å². The van der Waals surface area contributed by atoms with Crippen LogP contribution in [0.25, 0.3) is 5.95 Å². The third kappa shape index (κ3) is 4.90. The summed E-state index contributed by atoms with van der Waals surface area (Å²) in [5.74, 6) is 0.558. The van der Waals surface area contributed by atoms with E-state index in [1.165, 1.54) is 0 Å². The Hall–Kier alpha value is -2.32. The average Bonchev–Trinajstić information content (AvgIpc) is 2.90. The van der Waals surface area contributed by atoms with Crippen LogP contribution in [0, 0.1) is 27.7 Å². The maximum absolute atomic E-state index is 12.4. The number of amides is 1. The molecule has 0 unspecified atom stereocenters. The summed E-state index contributed by atoms with van der Waals surface area (Å²) >= 11 is 0. The third-order valence-electron chi connectivity index (χ3n) is 4.79. The number of aryl methyl sites for hydroxylation is 3. The van der Waals surface area contributed by atoms with Crippen molar-refractivity contribution in [3.8, 4) is 5.95 Å². The molecule has 2 aromatic rings.